The van der Waals surface area contributed by atoms with Crippen molar-refractivity contribution in [1.29, 1.82) is 0 Å². The average Bonchev–Trinajstić information content (AvgIpc) is 1.82. The van der Waals surface area contributed by atoms with Crippen LogP contribution in [-0.4, -0.2) is 34.5 Å². The summed E-state index contributed by atoms with van der Waals surface area (Å²) in [6.45, 7) is -0.347. The lowest BCUT2D eigenvalue weighted by atomic mass is 10.6. The van der Waals surface area contributed by atoms with Gasteiger partial charge in [0.25, 0.3) is 0 Å². The summed E-state index contributed by atoms with van der Waals surface area (Å²) in [5, 5.41) is 18.5. The number of carboxylic acid groups (broad SMARTS) is 2. The lowest BCUT2D eigenvalue weighted by molar-refractivity contribution is -0.138. The molecule has 0 spiro atoms. The first-order valence-electron chi connectivity index (χ1n) is 2.47. The number of hydrogen-bond donors (Lipinski definition) is 3. The number of nitrogens with one attached hydrogen (secondary N) is 1. The van der Waals surface area contributed by atoms with Crippen molar-refractivity contribution in [3.05, 3.63) is 0 Å². The fraction of sp³-hybridized carbons (Fsp3) is 0.500. The number of rotatable bonds is 4. The van der Waals surface area contributed by atoms with Gasteiger partial charge >= 0.3 is 11.9 Å². The Bertz CT molecular complexity index is 148. The summed E-state index contributed by atoms with van der Waals surface area (Å²) in [4.78, 5) is 19.9. The highest BCUT2D eigenvalue weighted by atomic mass is 31.0. The van der Waals surface area contributed by atoms with E-state index in [0.29, 0.717) is 0 Å². The van der Waals surface area contributed by atoms with Gasteiger partial charge in [-0.3, -0.25) is 14.9 Å². The monoisotopic (exact) mass is 165 g/mol. The van der Waals surface area contributed by atoms with Gasteiger partial charge in [0.05, 0.1) is 6.54 Å². The Balaban J connectivity index is 3.49. The predicted octanol–water partition coefficient (Wildman–Crippen LogP) is -1.05. The van der Waals surface area contributed by atoms with Crippen molar-refractivity contribution >= 4 is 21.2 Å². The smallest absolute Gasteiger partial charge is 0.324 e. The van der Waals surface area contributed by atoms with Gasteiger partial charge in [-0.05, 0) is 0 Å². The lowest BCUT2D eigenvalue weighted by Crippen LogP contribution is -2.34. The molecule has 0 aromatic heterocycles. The molecule has 0 saturated heterocycles. The van der Waals surface area contributed by atoms with Crippen LogP contribution in [-0.2, 0) is 9.59 Å². The largest absolute Gasteiger partial charge is 0.480 e. The Labute approximate surface area is 59.6 Å². The van der Waals surface area contributed by atoms with Crippen LogP contribution in [0.15, 0.2) is 0 Å². The summed E-state index contributed by atoms with van der Waals surface area (Å²) in [5.74, 6) is -3.06. The molecule has 2 unspecified atom stereocenters. The summed E-state index contributed by atoms with van der Waals surface area (Å²) >= 11 is 0. The first kappa shape index (κ1) is 9.33. The van der Waals surface area contributed by atoms with E-state index >= 15 is 0 Å². The van der Waals surface area contributed by atoms with E-state index in [1.165, 1.54) is 0 Å². The molecule has 0 amide bonds. The van der Waals surface area contributed by atoms with Crippen molar-refractivity contribution in [3.8, 4) is 0 Å². The van der Waals surface area contributed by atoms with E-state index < -0.39 is 17.7 Å². The van der Waals surface area contributed by atoms with Crippen molar-refractivity contribution in [2.75, 3.05) is 6.54 Å². The molecule has 0 fully saturated rings. The molecule has 0 aliphatic carbocycles. The van der Waals surface area contributed by atoms with E-state index in [4.69, 9.17) is 10.2 Å². The van der Waals surface area contributed by atoms with Crippen LogP contribution in [0.5, 0.6) is 0 Å². The van der Waals surface area contributed by atoms with Gasteiger partial charge in [0.1, 0.15) is 5.78 Å². The fourth-order valence-electron chi connectivity index (χ4n) is 0.285. The third-order valence-corrected chi connectivity index (χ3v) is 1.26. The van der Waals surface area contributed by atoms with Gasteiger partial charge in [0.2, 0.25) is 0 Å². The molecule has 0 aromatic rings. The first-order chi connectivity index (χ1) is 4.54. The summed E-state index contributed by atoms with van der Waals surface area (Å²) < 4.78 is 0. The third kappa shape index (κ3) is 4.23. The highest BCUT2D eigenvalue weighted by Gasteiger charge is 2.10. The molecule has 0 heterocycles. The topological polar surface area (TPSA) is 86.6 Å². The van der Waals surface area contributed by atoms with Crippen molar-refractivity contribution < 1.29 is 19.8 Å². The maximum Gasteiger partial charge on any atom is 0.324 e. The van der Waals surface area contributed by atoms with E-state index in [2.05, 4.69) is 5.32 Å². The summed E-state index contributed by atoms with van der Waals surface area (Å²) in [7, 11) is 1.97. The van der Waals surface area contributed by atoms with E-state index in [-0.39, 0.29) is 6.54 Å². The second-order valence-electron chi connectivity index (χ2n) is 1.59. The zero-order valence-corrected chi connectivity index (χ0v) is 6.23. The molecule has 2 atom stereocenters. The Kier molecular flexibility index (Phi) is 3.91. The zero-order chi connectivity index (χ0) is 8.15. The lowest BCUT2D eigenvalue weighted by Gasteiger charge is -2.04. The first-order valence-corrected chi connectivity index (χ1v) is 3.14. The molecule has 0 radical (unpaired) electrons. The highest BCUT2D eigenvalue weighted by molar-refractivity contribution is 7.19. The Hall–Kier alpha value is -0.670. The molecular weight excluding hydrogens is 157 g/mol. The van der Waals surface area contributed by atoms with Gasteiger partial charge < -0.3 is 10.2 Å². The minimum atomic E-state index is -1.09. The molecule has 0 bridgehead atoms. The van der Waals surface area contributed by atoms with Gasteiger partial charge in [-0.15, -0.1) is 9.24 Å². The quantitative estimate of drug-likeness (QED) is 0.462. The van der Waals surface area contributed by atoms with Crippen LogP contribution in [0, 0.1) is 0 Å². The van der Waals surface area contributed by atoms with Crippen molar-refractivity contribution in [2.45, 2.75) is 5.78 Å². The van der Waals surface area contributed by atoms with E-state index in [0.717, 1.165) is 0 Å². The predicted molar refractivity (Wildman–Crippen MR) is 36.8 cm³/mol. The zero-order valence-electron chi connectivity index (χ0n) is 5.07. The van der Waals surface area contributed by atoms with E-state index in [1.807, 2.05) is 9.24 Å². The Morgan fingerprint density at radius 2 is 2.00 bits per heavy atom. The number of carbonyl (C=O) groups is 2. The minimum Gasteiger partial charge on any atom is -0.480 e. The van der Waals surface area contributed by atoms with Gasteiger partial charge in [-0.25, -0.2) is 0 Å². The van der Waals surface area contributed by atoms with Gasteiger partial charge in [0.15, 0.2) is 0 Å². The van der Waals surface area contributed by atoms with Gasteiger partial charge in [0, 0.05) is 0 Å². The average molecular weight is 165 g/mol. The van der Waals surface area contributed by atoms with Crippen molar-refractivity contribution in [2.24, 2.45) is 0 Å². The fourth-order valence-corrected chi connectivity index (χ4v) is 0.402. The molecule has 5 nitrogen and oxygen atoms in total. The van der Waals surface area contributed by atoms with Crippen LogP contribution < -0.4 is 5.32 Å². The maximum atomic E-state index is 10.0. The maximum absolute atomic E-state index is 10.0. The molecule has 3 N–H and O–H groups in total. The van der Waals surface area contributed by atoms with Crippen LogP contribution in [0.25, 0.3) is 0 Å². The number of carboxylic acids is 2. The summed E-state index contributed by atoms with van der Waals surface area (Å²) in [5.41, 5.74) is 0. The molecule has 6 heteroatoms. The van der Waals surface area contributed by atoms with Crippen LogP contribution in [0.2, 0.25) is 0 Å². The van der Waals surface area contributed by atoms with Crippen molar-refractivity contribution in [3.63, 3.8) is 0 Å². The SMILES string of the molecule is O=C(O)CNC(P)C(=O)O. The van der Waals surface area contributed by atoms with E-state index in [9.17, 15) is 9.59 Å². The Morgan fingerprint density at radius 1 is 1.50 bits per heavy atom. The normalized spacial score (nSPS) is 12.5. The standard InChI is InChI=1S/C4H8NO4P/c6-2(7)1-5-3(10)4(8)9/h3,5H,1,10H2,(H,6,7)(H,8,9). The van der Waals surface area contributed by atoms with Crippen LogP contribution >= 0.6 is 9.24 Å². The molecule has 10 heavy (non-hydrogen) atoms. The summed E-state index contributed by atoms with van der Waals surface area (Å²) in [6, 6.07) is 0. The number of aliphatic carboxylic acids is 2. The van der Waals surface area contributed by atoms with Gasteiger partial charge in [-0.1, -0.05) is 0 Å². The Morgan fingerprint density at radius 3 is 2.30 bits per heavy atom. The van der Waals surface area contributed by atoms with Crippen LogP contribution in [0.4, 0.5) is 0 Å². The molecule has 58 valence electrons. The molecule has 0 saturated carbocycles. The van der Waals surface area contributed by atoms with Crippen LogP contribution in [0.3, 0.4) is 0 Å². The second kappa shape index (κ2) is 4.19. The third-order valence-electron chi connectivity index (χ3n) is 0.739. The molecular formula is C4H8NO4P. The minimum absolute atomic E-state index is 0.347. The molecule has 0 rings (SSSR count). The molecule has 0 aliphatic heterocycles. The molecule has 0 aliphatic rings. The van der Waals surface area contributed by atoms with Crippen LogP contribution in [0.1, 0.15) is 0 Å². The van der Waals surface area contributed by atoms with Gasteiger partial charge in [-0.2, -0.15) is 0 Å². The number of hydrogen-bond acceptors (Lipinski definition) is 3. The summed E-state index contributed by atoms with van der Waals surface area (Å²) in [6.07, 6.45) is 0. The second-order valence-corrected chi connectivity index (χ2v) is 2.26. The van der Waals surface area contributed by atoms with E-state index in [1.54, 1.807) is 0 Å². The highest BCUT2D eigenvalue weighted by Crippen LogP contribution is 1.92. The van der Waals surface area contributed by atoms with Crippen molar-refractivity contribution in [1.82, 2.24) is 5.32 Å². The molecule has 0 aromatic carbocycles.